The molecular weight excluding hydrogens is 729 g/mol. The number of nitrogen functional groups attached to an aromatic ring is 1. The average Bonchev–Trinajstić information content (AvgIpc) is 3.65. The number of ether oxygens (including phenoxy) is 3. The van der Waals surface area contributed by atoms with E-state index < -0.39 is 35.7 Å². The van der Waals surface area contributed by atoms with Crippen LogP contribution in [0.4, 0.5) is 9.93 Å². The van der Waals surface area contributed by atoms with Gasteiger partial charge in [-0.3, -0.25) is 14.5 Å². The number of thiazole rings is 1. The Morgan fingerprint density at radius 2 is 1.94 bits per heavy atom. The minimum atomic E-state index is -1.27. The first-order valence-corrected chi connectivity index (χ1v) is 17.8. The molecule has 16 nitrogen and oxygen atoms in total. The molecule has 2 aliphatic heterocycles. The number of aromatic nitrogens is 5. The third-order valence-electron chi connectivity index (χ3n) is 7.45. The van der Waals surface area contributed by atoms with E-state index in [4.69, 9.17) is 19.9 Å². The predicted octanol–water partition coefficient (Wildman–Crippen LogP) is 2.48. The maximum Gasteiger partial charge on any atom is 0.511 e. The fourth-order valence-corrected chi connectivity index (χ4v) is 8.13. The zero-order chi connectivity index (χ0) is 32.8. The molecule has 3 aliphatic rings. The van der Waals surface area contributed by atoms with E-state index in [0.29, 0.717) is 33.9 Å². The van der Waals surface area contributed by atoms with Crippen molar-refractivity contribution in [2.75, 3.05) is 37.9 Å². The summed E-state index contributed by atoms with van der Waals surface area (Å²) >= 11 is 3.97. The number of esters is 1. The van der Waals surface area contributed by atoms with Gasteiger partial charge in [0.15, 0.2) is 5.13 Å². The summed E-state index contributed by atoms with van der Waals surface area (Å²) in [5, 5.41) is 16.8. The molecule has 48 heavy (non-hydrogen) atoms. The molecule has 2 aromatic heterocycles. The van der Waals surface area contributed by atoms with Crippen molar-refractivity contribution in [3.63, 3.8) is 0 Å². The SMILES string of the molecule is CC(OC(=O)OC1CCCCC1)OC(=O)C1=C(CSc2nnnn2CCN(C)C)CS[C@@H]2[C@H](NC(=O)Cc3csc(N)n3)C(=O)N12.Cl.Cl. The van der Waals surface area contributed by atoms with Crippen LogP contribution in [0.25, 0.3) is 0 Å². The van der Waals surface area contributed by atoms with Crippen LogP contribution in [0.1, 0.15) is 44.7 Å². The zero-order valence-corrected chi connectivity index (χ0v) is 30.6. The highest BCUT2D eigenvalue weighted by Crippen LogP contribution is 2.42. The Kier molecular flexibility index (Phi) is 15.0. The van der Waals surface area contributed by atoms with Crippen molar-refractivity contribution in [2.45, 2.75) is 81.0 Å². The van der Waals surface area contributed by atoms with Gasteiger partial charge in [0.1, 0.15) is 23.2 Å². The van der Waals surface area contributed by atoms with Crippen LogP contribution in [0, 0.1) is 0 Å². The number of thioether (sulfide) groups is 2. The second-order valence-corrected chi connectivity index (χ2v) is 14.2. The van der Waals surface area contributed by atoms with Crippen molar-refractivity contribution in [1.29, 1.82) is 0 Å². The molecule has 3 atom stereocenters. The number of hydrogen-bond donors (Lipinski definition) is 2. The molecule has 21 heteroatoms. The van der Waals surface area contributed by atoms with E-state index >= 15 is 0 Å². The third kappa shape index (κ3) is 10.1. The monoisotopic (exact) mass is 767 g/mol. The summed E-state index contributed by atoms with van der Waals surface area (Å²) in [6.07, 6.45) is 2.14. The van der Waals surface area contributed by atoms with Crippen LogP contribution >= 0.6 is 59.7 Å². The van der Waals surface area contributed by atoms with Gasteiger partial charge in [0.25, 0.3) is 5.91 Å². The molecule has 1 unspecified atom stereocenters. The van der Waals surface area contributed by atoms with E-state index in [-0.39, 0.29) is 54.7 Å². The summed E-state index contributed by atoms with van der Waals surface area (Å²) in [6, 6.07) is -0.844. The molecule has 1 saturated carbocycles. The lowest BCUT2D eigenvalue weighted by Crippen LogP contribution is -2.70. The highest BCUT2D eigenvalue weighted by molar-refractivity contribution is 8.01. The van der Waals surface area contributed by atoms with Gasteiger partial charge < -0.3 is 30.2 Å². The van der Waals surface area contributed by atoms with Crippen molar-refractivity contribution in [3.05, 3.63) is 22.3 Å². The van der Waals surface area contributed by atoms with Crippen LogP contribution in [-0.4, -0.2) is 115 Å². The fourth-order valence-electron chi connectivity index (χ4n) is 5.18. The number of hydrogen-bond acceptors (Lipinski definition) is 16. The van der Waals surface area contributed by atoms with Crippen LogP contribution in [0.5, 0.6) is 0 Å². The molecule has 1 saturated heterocycles. The lowest BCUT2D eigenvalue weighted by atomic mass is 9.98. The number of likely N-dealkylation sites (N-methyl/N-ethyl adjacent to an activating group) is 1. The summed E-state index contributed by atoms with van der Waals surface area (Å²) < 4.78 is 17.8. The van der Waals surface area contributed by atoms with Crippen LogP contribution in [-0.2, 0) is 41.6 Å². The Hall–Kier alpha value is -2.84. The standard InChI is InChI=1S/C27H37N9O7S3.2ClH/c1-15(42-27(40)43-18-7-5-4-6-8-18)41-24(39)21-16(13-46-26-31-32-33-35(26)10-9-34(2)3)12-44-23-20(22(38)36(21)23)30-19(37)11-17-14-45-25(28)29-17;;/h14-15,18,20,23H,4-13H2,1-3H3,(H2,28,29)(H,30,37);2*1H/t15?,20-,23-;;/m1../s1. The van der Waals surface area contributed by atoms with Crippen molar-refractivity contribution >= 4 is 88.7 Å². The Morgan fingerprint density at radius 1 is 1.19 bits per heavy atom. The first-order chi connectivity index (χ1) is 22.1. The smallest absolute Gasteiger partial charge is 0.431 e. The molecule has 0 aromatic carbocycles. The van der Waals surface area contributed by atoms with E-state index in [2.05, 4.69) is 25.8 Å². The van der Waals surface area contributed by atoms with Gasteiger partial charge in [-0.25, -0.2) is 19.3 Å². The average molecular weight is 769 g/mol. The third-order valence-corrected chi connectivity index (χ3v) is 10.6. The summed E-state index contributed by atoms with van der Waals surface area (Å²) in [5.41, 5.74) is 6.83. The number of fused-ring (bicyclic) bond motifs is 1. The highest BCUT2D eigenvalue weighted by Gasteiger charge is 2.54. The molecule has 5 rings (SSSR count). The lowest BCUT2D eigenvalue weighted by Gasteiger charge is -2.49. The molecule has 1 aliphatic carbocycles. The van der Waals surface area contributed by atoms with Crippen molar-refractivity contribution in [1.82, 2.24) is 40.3 Å². The van der Waals surface area contributed by atoms with Crippen molar-refractivity contribution < 1.29 is 33.4 Å². The topological polar surface area (TPSA) is 197 Å². The maximum absolute atomic E-state index is 13.6. The summed E-state index contributed by atoms with van der Waals surface area (Å²) in [7, 11) is 3.90. The number of β-lactam (4-membered cyclic amide) rings is 1. The number of anilines is 1. The Balaban J connectivity index is 0.00000312. The Bertz CT molecular complexity index is 1470. The van der Waals surface area contributed by atoms with Gasteiger partial charge in [-0.15, -0.1) is 53.0 Å². The zero-order valence-electron chi connectivity index (χ0n) is 26.6. The van der Waals surface area contributed by atoms with Gasteiger partial charge in [0.2, 0.25) is 17.4 Å². The van der Waals surface area contributed by atoms with E-state index in [1.807, 2.05) is 19.0 Å². The van der Waals surface area contributed by atoms with Gasteiger partial charge >= 0.3 is 12.1 Å². The molecule has 0 spiro atoms. The molecule has 2 amide bonds. The van der Waals surface area contributed by atoms with Crippen LogP contribution in [0.15, 0.2) is 21.8 Å². The molecule has 0 radical (unpaired) electrons. The van der Waals surface area contributed by atoms with E-state index in [1.54, 1.807) is 10.1 Å². The molecule has 3 N–H and O–H groups in total. The number of halogens is 2. The molecule has 2 fully saturated rings. The number of nitrogens with zero attached hydrogens (tertiary/aromatic N) is 7. The van der Waals surface area contributed by atoms with Gasteiger partial charge in [0.05, 0.1) is 18.7 Å². The Morgan fingerprint density at radius 3 is 2.62 bits per heavy atom. The van der Waals surface area contributed by atoms with Crippen molar-refractivity contribution in [2.24, 2.45) is 0 Å². The first kappa shape index (κ1) is 39.6. The number of tetrazole rings is 1. The van der Waals surface area contributed by atoms with Crippen LogP contribution in [0.3, 0.4) is 0 Å². The number of carbonyl (C=O) groups excluding carboxylic acids is 4. The number of nitrogens with two attached hydrogens (primary N) is 1. The number of rotatable bonds is 13. The molecule has 4 heterocycles. The fraction of sp³-hybridized carbons (Fsp3) is 0.630. The van der Waals surface area contributed by atoms with E-state index in [9.17, 15) is 19.2 Å². The minimum Gasteiger partial charge on any atom is -0.431 e. The number of nitrogens with one attached hydrogen (secondary N) is 1. The predicted molar refractivity (Wildman–Crippen MR) is 184 cm³/mol. The summed E-state index contributed by atoms with van der Waals surface area (Å²) in [5.74, 6) is -1.01. The first-order valence-electron chi connectivity index (χ1n) is 14.9. The molecule has 2 aromatic rings. The number of carbonyl (C=O) groups is 4. The van der Waals surface area contributed by atoms with Gasteiger partial charge in [0, 0.05) is 30.4 Å². The largest absolute Gasteiger partial charge is 0.511 e. The second-order valence-electron chi connectivity index (χ2n) is 11.3. The summed E-state index contributed by atoms with van der Waals surface area (Å²) in [6.45, 7) is 2.70. The minimum absolute atomic E-state index is 0. The quantitative estimate of drug-likeness (QED) is 0.130. The van der Waals surface area contributed by atoms with Gasteiger partial charge in [-0.1, -0.05) is 18.2 Å². The number of amides is 2. The van der Waals surface area contributed by atoms with Crippen LogP contribution < -0.4 is 11.1 Å². The molecule has 266 valence electrons. The van der Waals surface area contributed by atoms with E-state index in [0.717, 1.165) is 38.6 Å². The van der Waals surface area contributed by atoms with E-state index in [1.165, 1.54) is 46.7 Å². The molecule has 0 bridgehead atoms. The Labute approximate surface area is 302 Å². The van der Waals surface area contributed by atoms with Gasteiger partial charge in [-0.05, 0) is 55.8 Å². The second kappa shape index (κ2) is 18.2. The molecular formula is C27H39Cl2N9O7S3. The summed E-state index contributed by atoms with van der Waals surface area (Å²) in [4.78, 5) is 59.6. The van der Waals surface area contributed by atoms with Crippen LogP contribution in [0.2, 0.25) is 0 Å². The van der Waals surface area contributed by atoms with Crippen molar-refractivity contribution in [3.8, 4) is 0 Å². The normalized spacial score (nSPS) is 19.8. The van der Waals surface area contributed by atoms with Gasteiger partial charge in [-0.2, -0.15) is 0 Å². The highest BCUT2D eigenvalue weighted by atomic mass is 35.5. The lowest BCUT2D eigenvalue weighted by molar-refractivity contribution is -0.170. The maximum atomic E-state index is 13.6.